The van der Waals surface area contributed by atoms with Gasteiger partial charge < -0.3 is 4.42 Å². The van der Waals surface area contributed by atoms with Gasteiger partial charge in [-0.2, -0.15) is 0 Å². The Kier molecular flexibility index (Phi) is 4.01. The van der Waals surface area contributed by atoms with Crippen molar-refractivity contribution in [3.05, 3.63) is 170 Å². The molecule has 0 aliphatic heterocycles. The quantitative estimate of drug-likeness (QED) is 0.188. The molecule has 210 valence electrons. The average molecular weight is 583 g/mol. The standard InChI is InChI=1S/C44H28O/c1-3-12-29(13-4-1)31-16-11-17-33(26-31)43-36-18-7-9-20-38(36)44(39-21-10-8-19-37(39)43)34-22-24-35-40-27-32(30-14-5-2-6-15-30)23-25-41(40)45-42(35)28-34/h1-28H/i1D,2D,3D,4D,5D,6D,12D,13D,14D,15D. The normalized spacial score (nSPS) is 14.7. The predicted molar refractivity (Wildman–Crippen MR) is 190 cm³/mol. The molecule has 0 N–H and O–H groups in total. The van der Waals surface area contributed by atoms with Crippen molar-refractivity contribution < 1.29 is 18.1 Å². The van der Waals surface area contributed by atoms with E-state index in [9.17, 15) is 0 Å². The third-order valence-corrected chi connectivity index (χ3v) is 8.42. The molecular weight excluding hydrogens is 544 g/mol. The number of furan rings is 1. The summed E-state index contributed by atoms with van der Waals surface area (Å²) in [5.41, 5.74) is 6.26. The Labute approximate surface area is 275 Å². The van der Waals surface area contributed by atoms with Crippen molar-refractivity contribution in [2.24, 2.45) is 0 Å². The Morgan fingerprint density at radius 3 is 1.44 bits per heavy atom. The van der Waals surface area contributed by atoms with Gasteiger partial charge in [-0.25, -0.2) is 0 Å². The zero-order valence-electron chi connectivity index (χ0n) is 33.8. The number of hydrogen-bond donors (Lipinski definition) is 0. The molecule has 0 unspecified atom stereocenters. The third-order valence-electron chi connectivity index (χ3n) is 8.42. The molecule has 0 bridgehead atoms. The maximum absolute atomic E-state index is 8.60. The Morgan fingerprint density at radius 1 is 0.333 bits per heavy atom. The van der Waals surface area contributed by atoms with E-state index in [-0.39, 0.29) is 59.5 Å². The molecule has 0 saturated heterocycles. The van der Waals surface area contributed by atoms with Gasteiger partial charge in [-0.15, -0.1) is 0 Å². The summed E-state index contributed by atoms with van der Waals surface area (Å²) in [6.45, 7) is 0. The first-order valence-electron chi connectivity index (χ1n) is 19.6. The molecule has 9 aromatic rings. The lowest BCUT2D eigenvalue weighted by Crippen LogP contribution is -1.91. The van der Waals surface area contributed by atoms with E-state index in [1.54, 1.807) is 18.2 Å². The van der Waals surface area contributed by atoms with Crippen LogP contribution in [-0.4, -0.2) is 0 Å². The number of fused-ring (bicyclic) bond motifs is 5. The summed E-state index contributed by atoms with van der Waals surface area (Å²) in [5.74, 6) is 0. The fourth-order valence-electron chi connectivity index (χ4n) is 6.46. The van der Waals surface area contributed by atoms with Crippen molar-refractivity contribution in [2.45, 2.75) is 0 Å². The largest absolute Gasteiger partial charge is 0.456 e. The zero-order valence-corrected chi connectivity index (χ0v) is 23.8. The smallest absolute Gasteiger partial charge is 0.136 e. The van der Waals surface area contributed by atoms with Crippen LogP contribution in [0.25, 0.3) is 88.0 Å². The van der Waals surface area contributed by atoms with Crippen LogP contribution in [0.2, 0.25) is 0 Å². The Balaban J connectivity index is 1.23. The number of rotatable bonds is 4. The SMILES string of the molecule is [2H]c1c([2H])c([2H])c(-c2cccc(-c3c4ccccc4c(-c4ccc5c(c4)oc4ccc(-c6c([2H])c([2H])c([2H])c([2H])c6[2H])cc45)c4ccccc34)c2)c([2H])c1[2H]. The molecule has 0 spiro atoms. The van der Waals surface area contributed by atoms with E-state index in [0.717, 1.165) is 54.6 Å². The van der Waals surface area contributed by atoms with E-state index >= 15 is 0 Å². The molecule has 0 aliphatic rings. The van der Waals surface area contributed by atoms with Crippen LogP contribution >= 0.6 is 0 Å². The van der Waals surface area contributed by atoms with E-state index in [1.807, 2.05) is 66.7 Å². The summed E-state index contributed by atoms with van der Waals surface area (Å²) in [4.78, 5) is 0. The number of hydrogen-bond acceptors (Lipinski definition) is 1. The molecule has 9 rings (SSSR count). The first kappa shape index (κ1) is 17.4. The second-order valence-corrected chi connectivity index (χ2v) is 10.9. The van der Waals surface area contributed by atoms with Gasteiger partial charge in [0.2, 0.25) is 0 Å². The number of benzene rings is 8. The van der Waals surface area contributed by atoms with Crippen LogP contribution in [0.3, 0.4) is 0 Å². The molecule has 0 aliphatic carbocycles. The second-order valence-electron chi connectivity index (χ2n) is 10.9. The summed E-state index contributed by atoms with van der Waals surface area (Å²) >= 11 is 0. The fourth-order valence-corrected chi connectivity index (χ4v) is 6.46. The molecule has 1 heteroatoms. The molecule has 0 saturated carbocycles. The highest BCUT2D eigenvalue weighted by Crippen LogP contribution is 2.45. The predicted octanol–water partition coefficient (Wildman–Crippen LogP) is 12.6. The van der Waals surface area contributed by atoms with Crippen LogP contribution in [0.4, 0.5) is 0 Å². The van der Waals surface area contributed by atoms with Crippen LogP contribution in [-0.2, 0) is 0 Å². The van der Waals surface area contributed by atoms with Crippen LogP contribution < -0.4 is 0 Å². The van der Waals surface area contributed by atoms with Crippen LogP contribution in [0, 0.1) is 0 Å². The van der Waals surface area contributed by atoms with Crippen molar-refractivity contribution in [3.8, 4) is 44.5 Å². The van der Waals surface area contributed by atoms with Crippen molar-refractivity contribution in [2.75, 3.05) is 0 Å². The molecule has 0 amide bonds. The second kappa shape index (κ2) is 10.4. The molecular formula is C44H28O. The Bertz CT molecular complexity index is 3000. The minimum absolute atomic E-state index is 0.135. The lowest BCUT2D eigenvalue weighted by Gasteiger charge is -2.18. The third kappa shape index (κ3) is 4.24. The van der Waals surface area contributed by atoms with E-state index in [0.29, 0.717) is 22.3 Å². The monoisotopic (exact) mass is 582 g/mol. The Hall–Kier alpha value is -5.92. The summed E-state index contributed by atoms with van der Waals surface area (Å²) in [6, 6.07) is 31.7. The summed E-state index contributed by atoms with van der Waals surface area (Å²) in [6.07, 6.45) is 0. The molecule has 0 atom stereocenters. The average Bonchev–Trinajstić information content (AvgIpc) is 3.57. The lowest BCUT2D eigenvalue weighted by atomic mass is 9.85. The highest BCUT2D eigenvalue weighted by atomic mass is 16.3. The summed E-state index contributed by atoms with van der Waals surface area (Å²) in [5, 5.41) is 5.51. The van der Waals surface area contributed by atoms with Crippen molar-refractivity contribution in [1.82, 2.24) is 0 Å². The molecule has 1 aromatic heterocycles. The molecule has 0 radical (unpaired) electrons. The van der Waals surface area contributed by atoms with E-state index in [4.69, 9.17) is 18.1 Å². The zero-order chi connectivity index (χ0) is 38.4. The maximum atomic E-state index is 8.60. The van der Waals surface area contributed by atoms with Crippen molar-refractivity contribution in [3.63, 3.8) is 0 Å². The van der Waals surface area contributed by atoms with E-state index < -0.39 is 12.1 Å². The molecule has 45 heavy (non-hydrogen) atoms. The van der Waals surface area contributed by atoms with Crippen LogP contribution in [0.1, 0.15) is 13.7 Å². The van der Waals surface area contributed by atoms with Gasteiger partial charge in [0, 0.05) is 10.8 Å². The van der Waals surface area contributed by atoms with Crippen LogP contribution in [0.5, 0.6) is 0 Å². The van der Waals surface area contributed by atoms with Crippen LogP contribution in [0.15, 0.2) is 174 Å². The first-order valence-corrected chi connectivity index (χ1v) is 14.6. The highest BCUT2D eigenvalue weighted by Gasteiger charge is 2.18. The fraction of sp³-hybridized carbons (Fsp3) is 0. The van der Waals surface area contributed by atoms with Gasteiger partial charge in [-0.05, 0) is 96.4 Å². The van der Waals surface area contributed by atoms with Gasteiger partial charge in [-0.3, -0.25) is 0 Å². The Morgan fingerprint density at radius 2 is 0.844 bits per heavy atom. The topological polar surface area (TPSA) is 13.1 Å². The van der Waals surface area contributed by atoms with Gasteiger partial charge in [-0.1, -0.05) is 139 Å². The molecule has 0 fully saturated rings. The van der Waals surface area contributed by atoms with Gasteiger partial charge in [0.1, 0.15) is 11.2 Å². The summed E-state index contributed by atoms with van der Waals surface area (Å²) < 4.78 is 89.4. The molecule has 1 heterocycles. The van der Waals surface area contributed by atoms with E-state index in [1.165, 1.54) is 0 Å². The first-order chi connectivity index (χ1) is 26.5. The lowest BCUT2D eigenvalue weighted by molar-refractivity contribution is 0.669. The summed E-state index contributed by atoms with van der Waals surface area (Å²) in [7, 11) is 0. The van der Waals surface area contributed by atoms with Gasteiger partial charge in [0.05, 0.1) is 13.7 Å². The van der Waals surface area contributed by atoms with Gasteiger partial charge in [0.25, 0.3) is 0 Å². The molecule has 8 aromatic carbocycles. The van der Waals surface area contributed by atoms with Crippen molar-refractivity contribution in [1.29, 1.82) is 0 Å². The minimum atomic E-state index is -0.434. The van der Waals surface area contributed by atoms with E-state index in [2.05, 4.69) is 24.3 Å². The molecule has 1 nitrogen and oxygen atoms in total. The van der Waals surface area contributed by atoms with Gasteiger partial charge in [0.15, 0.2) is 0 Å². The van der Waals surface area contributed by atoms with Gasteiger partial charge >= 0.3 is 0 Å². The van der Waals surface area contributed by atoms with Crippen molar-refractivity contribution >= 4 is 43.5 Å². The minimum Gasteiger partial charge on any atom is -0.456 e. The highest BCUT2D eigenvalue weighted by molar-refractivity contribution is 6.22. The maximum Gasteiger partial charge on any atom is 0.136 e.